The van der Waals surface area contributed by atoms with Crippen molar-refractivity contribution in [2.24, 2.45) is 0 Å². The first-order chi connectivity index (χ1) is 13.9. The van der Waals surface area contributed by atoms with Gasteiger partial charge in [0.2, 0.25) is 5.91 Å². The lowest BCUT2D eigenvalue weighted by Crippen LogP contribution is -2.39. The molecule has 0 saturated heterocycles. The fourth-order valence-electron chi connectivity index (χ4n) is 3.46. The molecule has 0 radical (unpaired) electrons. The number of rotatable bonds is 2. The Labute approximate surface area is 176 Å². The molecule has 29 heavy (non-hydrogen) atoms. The Kier molecular flexibility index (Phi) is 5.26. The van der Waals surface area contributed by atoms with Gasteiger partial charge in [-0.25, -0.2) is 4.39 Å². The number of fused-ring (bicyclic) bond motifs is 1. The van der Waals surface area contributed by atoms with Crippen molar-refractivity contribution >= 4 is 40.7 Å². The van der Waals surface area contributed by atoms with Gasteiger partial charge < -0.3 is 10.2 Å². The van der Waals surface area contributed by atoms with Gasteiger partial charge in [-0.05, 0) is 48.0 Å². The summed E-state index contributed by atoms with van der Waals surface area (Å²) in [7, 11) is 0. The molecule has 3 aromatic rings. The van der Waals surface area contributed by atoms with Gasteiger partial charge in [0.15, 0.2) is 0 Å². The molecule has 0 aliphatic carbocycles. The summed E-state index contributed by atoms with van der Waals surface area (Å²) >= 11 is 12.5. The normalized spacial score (nSPS) is 16.0. The van der Waals surface area contributed by atoms with E-state index in [1.807, 2.05) is 0 Å². The lowest BCUT2D eigenvalue weighted by atomic mass is 9.95. The number of hydrogen-bond donors (Lipinski definition) is 1. The Bertz CT molecular complexity index is 1100. The Balaban J connectivity index is 1.91. The van der Waals surface area contributed by atoms with E-state index in [2.05, 4.69) is 5.32 Å². The highest BCUT2D eigenvalue weighted by Crippen LogP contribution is 2.38. The Morgan fingerprint density at radius 2 is 1.76 bits per heavy atom. The van der Waals surface area contributed by atoms with E-state index in [-0.39, 0.29) is 23.0 Å². The second-order valence-electron chi connectivity index (χ2n) is 6.65. The summed E-state index contributed by atoms with van der Waals surface area (Å²) in [5.74, 6) is -1.15. The zero-order chi connectivity index (χ0) is 20.5. The van der Waals surface area contributed by atoms with Crippen LogP contribution >= 0.6 is 23.2 Å². The average Bonchev–Trinajstić information content (AvgIpc) is 2.84. The highest BCUT2D eigenvalue weighted by Gasteiger charge is 2.34. The van der Waals surface area contributed by atoms with E-state index in [0.29, 0.717) is 21.8 Å². The molecular formula is C22H15Cl2FN2O2. The minimum absolute atomic E-state index is 0.196. The third-order valence-electron chi connectivity index (χ3n) is 4.76. The van der Waals surface area contributed by atoms with Gasteiger partial charge in [0.05, 0.1) is 16.6 Å². The van der Waals surface area contributed by atoms with Crippen LogP contribution in [0.5, 0.6) is 0 Å². The molecule has 1 atom stereocenters. The summed E-state index contributed by atoms with van der Waals surface area (Å²) < 4.78 is 13.5. The van der Waals surface area contributed by atoms with E-state index in [0.717, 1.165) is 0 Å². The van der Waals surface area contributed by atoms with Crippen LogP contribution in [0.3, 0.4) is 0 Å². The third kappa shape index (κ3) is 3.84. The Hall–Kier alpha value is -2.89. The van der Waals surface area contributed by atoms with Crippen LogP contribution in [0.4, 0.5) is 10.1 Å². The number of halogens is 3. The van der Waals surface area contributed by atoms with E-state index in [1.165, 1.54) is 17.0 Å². The second kappa shape index (κ2) is 7.85. The SMILES string of the molecule is O=C1CN(C(=O)c2ccccc2Cl)C(c2ccc(F)cc2)c2cc(Cl)ccc2N1. The van der Waals surface area contributed by atoms with Gasteiger partial charge in [0.1, 0.15) is 12.4 Å². The zero-order valence-electron chi connectivity index (χ0n) is 15.0. The van der Waals surface area contributed by atoms with Crippen molar-refractivity contribution < 1.29 is 14.0 Å². The molecule has 146 valence electrons. The van der Waals surface area contributed by atoms with Crippen LogP contribution in [0.1, 0.15) is 27.5 Å². The van der Waals surface area contributed by atoms with Gasteiger partial charge in [-0.15, -0.1) is 0 Å². The van der Waals surface area contributed by atoms with Gasteiger partial charge >= 0.3 is 0 Å². The maximum absolute atomic E-state index is 13.5. The Morgan fingerprint density at radius 3 is 2.48 bits per heavy atom. The molecule has 0 aromatic heterocycles. The third-order valence-corrected chi connectivity index (χ3v) is 5.32. The number of hydrogen-bond acceptors (Lipinski definition) is 2. The van der Waals surface area contributed by atoms with Gasteiger partial charge in [0, 0.05) is 16.3 Å². The number of benzene rings is 3. The molecule has 1 heterocycles. The molecule has 1 N–H and O–H groups in total. The van der Waals surface area contributed by atoms with Crippen LogP contribution in [-0.4, -0.2) is 23.3 Å². The van der Waals surface area contributed by atoms with Gasteiger partial charge in [0.25, 0.3) is 5.91 Å². The molecule has 4 nitrogen and oxygen atoms in total. The largest absolute Gasteiger partial charge is 0.324 e. The molecule has 0 saturated carbocycles. The zero-order valence-corrected chi connectivity index (χ0v) is 16.5. The predicted octanol–water partition coefficient (Wildman–Crippen LogP) is 5.32. The minimum atomic E-state index is -0.660. The molecule has 2 amide bonds. The van der Waals surface area contributed by atoms with Gasteiger partial charge in [-0.2, -0.15) is 0 Å². The molecule has 1 aliphatic heterocycles. The number of anilines is 1. The number of amides is 2. The maximum Gasteiger partial charge on any atom is 0.256 e. The van der Waals surface area contributed by atoms with Crippen molar-refractivity contribution in [3.05, 3.63) is 99.3 Å². The fourth-order valence-corrected chi connectivity index (χ4v) is 3.86. The van der Waals surface area contributed by atoms with E-state index in [1.54, 1.807) is 54.6 Å². The fraction of sp³-hybridized carbons (Fsp3) is 0.0909. The minimum Gasteiger partial charge on any atom is -0.324 e. The average molecular weight is 429 g/mol. The van der Waals surface area contributed by atoms with Crippen LogP contribution in [0, 0.1) is 5.82 Å². The highest BCUT2D eigenvalue weighted by molar-refractivity contribution is 6.34. The van der Waals surface area contributed by atoms with E-state index < -0.39 is 17.8 Å². The van der Waals surface area contributed by atoms with Crippen molar-refractivity contribution in [1.82, 2.24) is 4.90 Å². The van der Waals surface area contributed by atoms with Crippen LogP contribution in [-0.2, 0) is 4.79 Å². The number of nitrogens with one attached hydrogen (secondary N) is 1. The molecular weight excluding hydrogens is 414 g/mol. The number of carbonyl (C=O) groups is 2. The molecule has 0 spiro atoms. The lowest BCUT2D eigenvalue weighted by Gasteiger charge is -2.31. The topological polar surface area (TPSA) is 49.4 Å². The van der Waals surface area contributed by atoms with Crippen LogP contribution in [0.25, 0.3) is 0 Å². The first kappa shape index (κ1) is 19.4. The van der Waals surface area contributed by atoms with Crippen molar-refractivity contribution in [3.8, 4) is 0 Å². The van der Waals surface area contributed by atoms with Gasteiger partial charge in [-0.3, -0.25) is 9.59 Å². The summed E-state index contributed by atoms with van der Waals surface area (Å²) in [6.07, 6.45) is 0. The van der Waals surface area contributed by atoms with Crippen LogP contribution < -0.4 is 5.32 Å². The van der Waals surface area contributed by atoms with Crippen molar-refractivity contribution in [3.63, 3.8) is 0 Å². The summed E-state index contributed by atoms with van der Waals surface area (Å²) in [5, 5.41) is 3.55. The molecule has 0 fully saturated rings. The summed E-state index contributed by atoms with van der Waals surface area (Å²) in [4.78, 5) is 27.4. The molecule has 7 heteroatoms. The van der Waals surface area contributed by atoms with Crippen LogP contribution in [0.2, 0.25) is 10.0 Å². The summed E-state index contributed by atoms with van der Waals surface area (Å²) in [5.41, 5.74) is 2.10. The van der Waals surface area contributed by atoms with Gasteiger partial charge in [-0.1, -0.05) is 47.5 Å². The van der Waals surface area contributed by atoms with E-state index in [4.69, 9.17) is 23.2 Å². The predicted molar refractivity (Wildman–Crippen MR) is 111 cm³/mol. The molecule has 4 rings (SSSR count). The van der Waals surface area contributed by atoms with Crippen molar-refractivity contribution in [2.75, 3.05) is 11.9 Å². The number of carbonyl (C=O) groups excluding carboxylic acids is 2. The van der Waals surface area contributed by atoms with Crippen LogP contribution in [0.15, 0.2) is 66.7 Å². The quantitative estimate of drug-likeness (QED) is 0.600. The summed E-state index contributed by atoms with van der Waals surface area (Å²) in [6, 6.07) is 16.9. The molecule has 0 bridgehead atoms. The number of nitrogens with zero attached hydrogens (tertiary/aromatic N) is 1. The summed E-state index contributed by atoms with van der Waals surface area (Å²) in [6.45, 7) is -0.196. The standard InChI is InChI=1S/C22H15Cl2FN2O2/c23-14-7-10-19-17(11-14)21(13-5-8-15(25)9-6-13)27(12-20(28)26-19)22(29)16-3-1-2-4-18(16)24/h1-11,21H,12H2,(H,26,28). The lowest BCUT2D eigenvalue weighted by molar-refractivity contribution is -0.117. The Morgan fingerprint density at radius 1 is 1.03 bits per heavy atom. The molecule has 1 aliphatic rings. The smallest absolute Gasteiger partial charge is 0.256 e. The second-order valence-corrected chi connectivity index (χ2v) is 7.49. The first-order valence-corrected chi connectivity index (χ1v) is 9.60. The maximum atomic E-state index is 13.5. The van der Waals surface area contributed by atoms with E-state index >= 15 is 0 Å². The van der Waals surface area contributed by atoms with E-state index in [9.17, 15) is 14.0 Å². The monoisotopic (exact) mass is 428 g/mol. The molecule has 1 unspecified atom stereocenters. The highest BCUT2D eigenvalue weighted by atomic mass is 35.5. The van der Waals surface area contributed by atoms with Crippen molar-refractivity contribution in [2.45, 2.75) is 6.04 Å². The van der Waals surface area contributed by atoms with Crippen molar-refractivity contribution in [1.29, 1.82) is 0 Å². The molecule has 3 aromatic carbocycles. The first-order valence-electron chi connectivity index (χ1n) is 8.84.